The molecule has 4 nitrogen and oxygen atoms in total. The van der Waals surface area contributed by atoms with Crippen molar-refractivity contribution in [2.75, 3.05) is 24.2 Å². The highest BCUT2D eigenvalue weighted by Gasteiger charge is 2.13. The van der Waals surface area contributed by atoms with E-state index in [1.807, 2.05) is 30.1 Å². The Kier molecular flexibility index (Phi) is 4.25. The summed E-state index contributed by atoms with van der Waals surface area (Å²) in [5.41, 5.74) is 8.26. The molecule has 4 heteroatoms. The zero-order chi connectivity index (χ0) is 14.5. The summed E-state index contributed by atoms with van der Waals surface area (Å²) in [7, 11) is 1.89. The zero-order valence-electron chi connectivity index (χ0n) is 11.4. The number of nitrogens with zero attached hydrogens (tertiary/aromatic N) is 1. The van der Waals surface area contributed by atoms with Gasteiger partial charge in [-0.3, -0.25) is 0 Å². The molecule has 104 valence electrons. The number of likely N-dealkylation sites (N-methyl/N-ethyl adjacent to an activating group) is 1. The van der Waals surface area contributed by atoms with E-state index in [2.05, 4.69) is 12.1 Å². The molecule has 0 saturated heterocycles. The Balaban J connectivity index is 2.13. The Morgan fingerprint density at radius 3 is 2.55 bits per heavy atom. The van der Waals surface area contributed by atoms with Crippen LogP contribution in [0.1, 0.15) is 15.9 Å². The summed E-state index contributed by atoms with van der Waals surface area (Å²) in [5.74, 6) is -0.959. The number of carboxylic acids is 1. The number of carboxylic acid groups (broad SMARTS) is 1. The van der Waals surface area contributed by atoms with Crippen molar-refractivity contribution < 1.29 is 9.90 Å². The second kappa shape index (κ2) is 6.10. The van der Waals surface area contributed by atoms with Crippen LogP contribution in [-0.4, -0.2) is 24.7 Å². The number of benzene rings is 2. The first-order valence-corrected chi connectivity index (χ1v) is 6.46. The normalized spacial score (nSPS) is 10.2. The maximum Gasteiger partial charge on any atom is 0.337 e. The Labute approximate surface area is 118 Å². The van der Waals surface area contributed by atoms with Crippen molar-refractivity contribution in [2.45, 2.75) is 6.42 Å². The highest BCUT2D eigenvalue weighted by molar-refractivity contribution is 5.95. The van der Waals surface area contributed by atoms with Crippen LogP contribution < -0.4 is 10.6 Å². The summed E-state index contributed by atoms with van der Waals surface area (Å²) in [6.45, 7) is 0.744. The van der Waals surface area contributed by atoms with Crippen molar-refractivity contribution in [3.63, 3.8) is 0 Å². The Bertz CT molecular complexity index is 597. The lowest BCUT2D eigenvalue weighted by Gasteiger charge is -2.21. The molecule has 2 aromatic carbocycles. The van der Waals surface area contributed by atoms with E-state index in [0.717, 1.165) is 13.0 Å². The van der Waals surface area contributed by atoms with E-state index in [9.17, 15) is 9.90 Å². The molecular formula is C16H18N2O2. The predicted molar refractivity (Wildman–Crippen MR) is 81.2 cm³/mol. The van der Waals surface area contributed by atoms with Gasteiger partial charge in [0.05, 0.1) is 11.3 Å². The number of rotatable bonds is 5. The van der Waals surface area contributed by atoms with Gasteiger partial charge in [0.25, 0.3) is 0 Å². The average Bonchev–Trinajstić information content (AvgIpc) is 2.45. The highest BCUT2D eigenvalue weighted by atomic mass is 16.4. The van der Waals surface area contributed by atoms with Gasteiger partial charge in [-0.1, -0.05) is 30.3 Å². The van der Waals surface area contributed by atoms with Gasteiger partial charge < -0.3 is 15.7 Å². The van der Waals surface area contributed by atoms with Crippen LogP contribution in [0.25, 0.3) is 0 Å². The van der Waals surface area contributed by atoms with Crippen molar-refractivity contribution in [3.05, 3.63) is 59.7 Å². The van der Waals surface area contributed by atoms with E-state index in [-0.39, 0.29) is 5.56 Å². The van der Waals surface area contributed by atoms with Crippen molar-refractivity contribution >= 4 is 17.3 Å². The van der Waals surface area contributed by atoms with Crippen LogP contribution in [0, 0.1) is 0 Å². The first-order valence-electron chi connectivity index (χ1n) is 6.46. The van der Waals surface area contributed by atoms with Crippen molar-refractivity contribution in [1.29, 1.82) is 0 Å². The molecule has 20 heavy (non-hydrogen) atoms. The summed E-state index contributed by atoms with van der Waals surface area (Å²) in [5, 5.41) is 9.24. The molecule has 0 aliphatic carbocycles. The topological polar surface area (TPSA) is 66.6 Å². The van der Waals surface area contributed by atoms with E-state index in [1.165, 1.54) is 11.6 Å². The maximum absolute atomic E-state index is 11.3. The van der Waals surface area contributed by atoms with Crippen LogP contribution in [0.4, 0.5) is 11.4 Å². The second-order valence-electron chi connectivity index (χ2n) is 4.74. The number of hydrogen-bond acceptors (Lipinski definition) is 3. The van der Waals surface area contributed by atoms with Gasteiger partial charge in [-0.2, -0.15) is 0 Å². The van der Waals surface area contributed by atoms with Crippen LogP contribution in [0.2, 0.25) is 0 Å². The van der Waals surface area contributed by atoms with Crippen LogP contribution in [0.3, 0.4) is 0 Å². The lowest BCUT2D eigenvalue weighted by molar-refractivity contribution is 0.0697. The molecule has 0 fully saturated rings. The van der Waals surface area contributed by atoms with E-state index in [0.29, 0.717) is 11.4 Å². The zero-order valence-corrected chi connectivity index (χ0v) is 11.4. The minimum Gasteiger partial charge on any atom is -0.478 e. The van der Waals surface area contributed by atoms with Gasteiger partial charge in [0, 0.05) is 19.3 Å². The summed E-state index contributed by atoms with van der Waals surface area (Å²) >= 11 is 0. The van der Waals surface area contributed by atoms with Crippen LogP contribution >= 0.6 is 0 Å². The van der Waals surface area contributed by atoms with Crippen LogP contribution in [-0.2, 0) is 6.42 Å². The third-order valence-corrected chi connectivity index (χ3v) is 3.24. The molecule has 0 unspecified atom stereocenters. The minimum atomic E-state index is -0.959. The van der Waals surface area contributed by atoms with E-state index in [4.69, 9.17) is 5.73 Å². The molecule has 0 aromatic heterocycles. The fraction of sp³-hybridized carbons (Fsp3) is 0.188. The fourth-order valence-corrected chi connectivity index (χ4v) is 2.12. The number of carbonyl (C=O) groups is 1. The van der Waals surface area contributed by atoms with Crippen molar-refractivity contribution in [1.82, 2.24) is 0 Å². The molecule has 0 saturated carbocycles. The standard InChI is InChI=1S/C16H18N2O2/c1-18(10-9-12-5-3-2-4-6-12)15-8-7-13(17)11-14(15)16(19)20/h2-8,11H,9-10,17H2,1H3,(H,19,20). The molecule has 0 spiro atoms. The minimum absolute atomic E-state index is 0.237. The van der Waals surface area contributed by atoms with Gasteiger partial charge in [0.15, 0.2) is 0 Å². The quantitative estimate of drug-likeness (QED) is 0.820. The maximum atomic E-state index is 11.3. The van der Waals surface area contributed by atoms with Gasteiger partial charge in [-0.15, -0.1) is 0 Å². The largest absolute Gasteiger partial charge is 0.478 e. The monoisotopic (exact) mass is 270 g/mol. The molecule has 0 aliphatic rings. The molecule has 0 bridgehead atoms. The Hall–Kier alpha value is -2.49. The summed E-state index contributed by atoms with van der Waals surface area (Å²) in [4.78, 5) is 13.2. The molecule has 0 heterocycles. The Morgan fingerprint density at radius 1 is 1.20 bits per heavy atom. The molecule has 0 aliphatic heterocycles. The third-order valence-electron chi connectivity index (χ3n) is 3.24. The van der Waals surface area contributed by atoms with Crippen LogP contribution in [0.15, 0.2) is 48.5 Å². The molecular weight excluding hydrogens is 252 g/mol. The van der Waals surface area contributed by atoms with Gasteiger partial charge in [0.1, 0.15) is 0 Å². The van der Waals surface area contributed by atoms with Gasteiger partial charge >= 0.3 is 5.97 Å². The molecule has 3 N–H and O–H groups in total. The third kappa shape index (κ3) is 3.29. The number of nitrogen functional groups attached to an aromatic ring is 1. The smallest absolute Gasteiger partial charge is 0.337 e. The van der Waals surface area contributed by atoms with E-state index < -0.39 is 5.97 Å². The molecule has 0 radical (unpaired) electrons. The molecule has 0 atom stereocenters. The van der Waals surface area contributed by atoms with E-state index >= 15 is 0 Å². The average molecular weight is 270 g/mol. The molecule has 2 rings (SSSR count). The predicted octanol–water partition coefficient (Wildman–Crippen LogP) is 2.65. The number of hydrogen-bond donors (Lipinski definition) is 2. The second-order valence-corrected chi connectivity index (χ2v) is 4.74. The van der Waals surface area contributed by atoms with Crippen molar-refractivity contribution in [3.8, 4) is 0 Å². The van der Waals surface area contributed by atoms with Gasteiger partial charge in [-0.25, -0.2) is 4.79 Å². The highest BCUT2D eigenvalue weighted by Crippen LogP contribution is 2.22. The first-order chi connectivity index (χ1) is 9.58. The van der Waals surface area contributed by atoms with Crippen LogP contribution in [0.5, 0.6) is 0 Å². The number of aromatic carboxylic acids is 1. The number of nitrogens with two attached hydrogens (primary N) is 1. The molecule has 2 aromatic rings. The Morgan fingerprint density at radius 2 is 1.90 bits per heavy atom. The number of anilines is 2. The summed E-state index contributed by atoms with van der Waals surface area (Å²) in [6, 6.07) is 15.1. The first kappa shape index (κ1) is 13.9. The lowest BCUT2D eigenvalue weighted by atomic mass is 10.1. The lowest BCUT2D eigenvalue weighted by Crippen LogP contribution is -2.22. The van der Waals surface area contributed by atoms with E-state index in [1.54, 1.807) is 12.1 Å². The van der Waals surface area contributed by atoms with Crippen molar-refractivity contribution in [2.24, 2.45) is 0 Å². The summed E-state index contributed by atoms with van der Waals surface area (Å²) < 4.78 is 0. The van der Waals surface area contributed by atoms with Gasteiger partial charge in [0.2, 0.25) is 0 Å². The summed E-state index contributed by atoms with van der Waals surface area (Å²) in [6.07, 6.45) is 0.862. The van der Waals surface area contributed by atoms with Gasteiger partial charge in [-0.05, 0) is 30.2 Å². The SMILES string of the molecule is CN(CCc1ccccc1)c1ccc(N)cc1C(=O)O. The fourth-order valence-electron chi connectivity index (χ4n) is 2.12. The molecule has 0 amide bonds.